The number of carbonyl (C=O) groups is 1. The molecule has 0 atom stereocenters. The Morgan fingerprint density at radius 1 is 1.13 bits per heavy atom. The summed E-state index contributed by atoms with van der Waals surface area (Å²) in [4.78, 5) is 12.4. The fraction of sp³-hybridized carbons (Fsp3) is 0.565. The third kappa shape index (κ3) is 5.07. The van der Waals surface area contributed by atoms with Crippen molar-refractivity contribution in [3.63, 3.8) is 0 Å². The van der Waals surface area contributed by atoms with Crippen LogP contribution in [0.25, 0.3) is 0 Å². The van der Waals surface area contributed by atoms with E-state index >= 15 is 0 Å². The first kappa shape index (κ1) is 22.0. The Bertz CT molecular complexity index is 870. The molecule has 7 nitrogen and oxygen atoms in total. The number of hydrogen-bond donors (Lipinski definition) is 1. The van der Waals surface area contributed by atoms with Crippen molar-refractivity contribution in [1.82, 2.24) is 15.1 Å². The Labute approximate surface area is 178 Å². The zero-order chi connectivity index (χ0) is 21.7. The summed E-state index contributed by atoms with van der Waals surface area (Å²) in [6.45, 7) is 4.05. The highest BCUT2D eigenvalue weighted by atomic mass is 16.5. The van der Waals surface area contributed by atoms with Gasteiger partial charge in [0.25, 0.3) is 0 Å². The second-order valence-corrected chi connectivity index (χ2v) is 7.92. The monoisotopic (exact) mass is 415 g/mol. The van der Waals surface area contributed by atoms with Gasteiger partial charge in [0.05, 0.1) is 26.0 Å². The van der Waals surface area contributed by atoms with Crippen molar-refractivity contribution in [1.29, 1.82) is 0 Å². The third-order valence-electron chi connectivity index (χ3n) is 5.96. The number of nitrogens with zero attached hydrogens (tertiary/aromatic N) is 2. The molecule has 30 heavy (non-hydrogen) atoms. The molecular weight excluding hydrogens is 382 g/mol. The van der Waals surface area contributed by atoms with E-state index in [4.69, 9.17) is 14.2 Å². The molecule has 1 saturated carbocycles. The van der Waals surface area contributed by atoms with E-state index in [1.807, 2.05) is 43.8 Å². The largest absolute Gasteiger partial charge is 0.493 e. The van der Waals surface area contributed by atoms with Crippen LogP contribution in [0.4, 0.5) is 0 Å². The predicted molar refractivity (Wildman–Crippen MR) is 115 cm³/mol. The van der Waals surface area contributed by atoms with E-state index in [1.165, 1.54) is 5.56 Å². The first-order valence-electron chi connectivity index (χ1n) is 10.6. The lowest BCUT2D eigenvalue weighted by atomic mass is 9.92. The van der Waals surface area contributed by atoms with Gasteiger partial charge in [0.1, 0.15) is 0 Å². The van der Waals surface area contributed by atoms with Crippen molar-refractivity contribution >= 4 is 5.91 Å². The Hall–Kier alpha value is -2.70. The van der Waals surface area contributed by atoms with Crippen molar-refractivity contribution < 1.29 is 19.0 Å². The summed E-state index contributed by atoms with van der Waals surface area (Å²) >= 11 is 0. The number of methoxy groups -OCH3 is 2. The van der Waals surface area contributed by atoms with Gasteiger partial charge < -0.3 is 19.5 Å². The summed E-state index contributed by atoms with van der Waals surface area (Å²) in [7, 11) is 5.17. The Morgan fingerprint density at radius 2 is 1.83 bits per heavy atom. The molecule has 1 N–H and O–H groups in total. The minimum Gasteiger partial charge on any atom is -0.493 e. The van der Waals surface area contributed by atoms with Crippen molar-refractivity contribution in [2.24, 2.45) is 7.05 Å². The number of aromatic nitrogens is 2. The highest BCUT2D eigenvalue weighted by molar-refractivity contribution is 5.76. The third-order valence-corrected chi connectivity index (χ3v) is 5.96. The van der Waals surface area contributed by atoms with Crippen molar-refractivity contribution in [2.75, 3.05) is 14.2 Å². The quantitative estimate of drug-likeness (QED) is 0.714. The van der Waals surface area contributed by atoms with Crippen LogP contribution in [0.5, 0.6) is 17.2 Å². The highest BCUT2D eigenvalue weighted by Crippen LogP contribution is 2.38. The van der Waals surface area contributed by atoms with Gasteiger partial charge in [-0.15, -0.1) is 0 Å². The molecule has 7 heteroatoms. The molecule has 164 valence electrons. The molecule has 1 aliphatic carbocycles. The zero-order valence-electron chi connectivity index (χ0n) is 18.7. The van der Waals surface area contributed by atoms with Crippen LogP contribution >= 0.6 is 0 Å². The van der Waals surface area contributed by atoms with Crippen LogP contribution in [0.1, 0.15) is 49.1 Å². The molecule has 1 aliphatic rings. The molecule has 0 radical (unpaired) electrons. The van der Waals surface area contributed by atoms with Gasteiger partial charge in [-0.25, -0.2) is 0 Å². The summed E-state index contributed by atoms with van der Waals surface area (Å²) < 4.78 is 18.8. The van der Waals surface area contributed by atoms with Gasteiger partial charge >= 0.3 is 0 Å². The number of para-hydroxylation sites is 1. The molecule has 0 saturated heterocycles. The molecule has 0 aliphatic heterocycles. The SMILES string of the molecule is COc1cccc(OC2CCC(NC(=O)CCc3c(C)nn(C)c3C)CC2)c1OC. The van der Waals surface area contributed by atoms with Gasteiger partial charge in [-0.05, 0) is 63.6 Å². The topological polar surface area (TPSA) is 74.6 Å². The number of ether oxygens (including phenoxy) is 3. The van der Waals surface area contributed by atoms with Gasteiger partial charge in [-0.1, -0.05) is 6.07 Å². The zero-order valence-corrected chi connectivity index (χ0v) is 18.7. The first-order chi connectivity index (χ1) is 14.4. The molecule has 1 aromatic carbocycles. The number of benzene rings is 1. The fourth-order valence-electron chi connectivity index (χ4n) is 4.17. The van der Waals surface area contributed by atoms with Crippen molar-refractivity contribution in [3.05, 3.63) is 35.2 Å². The number of amides is 1. The Morgan fingerprint density at radius 3 is 2.43 bits per heavy atom. The normalized spacial score (nSPS) is 18.7. The minimum atomic E-state index is 0.108. The van der Waals surface area contributed by atoms with E-state index < -0.39 is 0 Å². The number of hydrogen-bond acceptors (Lipinski definition) is 5. The maximum atomic E-state index is 12.4. The molecule has 0 spiro atoms. The van der Waals surface area contributed by atoms with E-state index in [2.05, 4.69) is 10.4 Å². The molecule has 0 unspecified atom stereocenters. The molecule has 2 aromatic rings. The smallest absolute Gasteiger partial charge is 0.220 e. The summed E-state index contributed by atoms with van der Waals surface area (Å²) in [6, 6.07) is 5.86. The molecule has 0 bridgehead atoms. The molecule has 1 fully saturated rings. The Kier molecular flexibility index (Phi) is 7.24. The molecule has 1 heterocycles. The summed E-state index contributed by atoms with van der Waals surface area (Å²) in [5, 5.41) is 7.62. The van der Waals surface area contributed by atoms with Crippen LogP contribution in [0.2, 0.25) is 0 Å². The first-order valence-corrected chi connectivity index (χ1v) is 10.6. The van der Waals surface area contributed by atoms with Crippen LogP contribution in [0.3, 0.4) is 0 Å². The van der Waals surface area contributed by atoms with Crippen LogP contribution in [-0.4, -0.2) is 42.1 Å². The number of nitrogens with one attached hydrogen (secondary N) is 1. The number of aryl methyl sites for hydroxylation is 2. The van der Waals surface area contributed by atoms with Gasteiger partial charge in [0, 0.05) is 25.2 Å². The maximum Gasteiger partial charge on any atom is 0.220 e. The van der Waals surface area contributed by atoms with E-state index in [-0.39, 0.29) is 18.1 Å². The van der Waals surface area contributed by atoms with Crippen LogP contribution in [-0.2, 0) is 18.3 Å². The molecular formula is C23H33N3O4. The summed E-state index contributed by atoms with van der Waals surface area (Å²) in [5.74, 6) is 2.09. The minimum absolute atomic E-state index is 0.108. The maximum absolute atomic E-state index is 12.4. The Balaban J connectivity index is 1.46. The summed E-state index contributed by atoms with van der Waals surface area (Å²) in [6.07, 6.45) is 4.94. The summed E-state index contributed by atoms with van der Waals surface area (Å²) in [5.41, 5.74) is 3.32. The van der Waals surface area contributed by atoms with E-state index in [0.29, 0.717) is 23.7 Å². The fourth-order valence-corrected chi connectivity index (χ4v) is 4.17. The lowest BCUT2D eigenvalue weighted by molar-refractivity contribution is -0.122. The lowest BCUT2D eigenvalue weighted by Gasteiger charge is -2.30. The number of carbonyl (C=O) groups excluding carboxylic acids is 1. The highest BCUT2D eigenvalue weighted by Gasteiger charge is 2.25. The second kappa shape index (κ2) is 9.87. The molecule has 1 aromatic heterocycles. The van der Waals surface area contributed by atoms with Crippen LogP contribution in [0, 0.1) is 13.8 Å². The lowest BCUT2D eigenvalue weighted by Crippen LogP contribution is -2.39. The average Bonchev–Trinajstić information content (AvgIpc) is 2.98. The number of rotatable bonds is 8. The van der Waals surface area contributed by atoms with Crippen LogP contribution < -0.4 is 19.5 Å². The van der Waals surface area contributed by atoms with Gasteiger partial charge in [0.2, 0.25) is 11.7 Å². The van der Waals surface area contributed by atoms with Gasteiger partial charge in [-0.2, -0.15) is 5.10 Å². The van der Waals surface area contributed by atoms with E-state index in [1.54, 1.807) is 14.2 Å². The van der Waals surface area contributed by atoms with Crippen molar-refractivity contribution in [2.45, 2.75) is 64.5 Å². The molecule has 3 rings (SSSR count). The second-order valence-electron chi connectivity index (χ2n) is 7.92. The van der Waals surface area contributed by atoms with Crippen LogP contribution in [0.15, 0.2) is 18.2 Å². The molecule has 1 amide bonds. The van der Waals surface area contributed by atoms with Gasteiger partial charge in [0.15, 0.2) is 11.5 Å². The van der Waals surface area contributed by atoms with Crippen molar-refractivity contribution in [3.8, 4) is 17.2 Å². The van der Waals surface area contributed by atoms with E-state index in [9.17, 15) is 4.79 Å². The predicted octanol–water partition coefficient (Wildman–Crippen LogP) is 3.49. The average molecular weight is 416 g/mol. The van der Waals surface area contributed by atoms with E-state index in [0.717, 1.165) is 43.5 Å². The standard InChI is InChI=1S/C23H33N3O4/c1-15-19(16(2)26(3)25-15)13-14-22(27)24-17-9-11-18(12-10-17)30-21-8-6-7-20(28-4)23(21)29-5/h6-8,17-18H,9-14H2,1-5H3,(H,24,27). The van der Waals surface area contributed by atoms with Gasteiger partial charge in [-0.3, -0.25) is 9.48 Å².